The van der Waals surface area contributed by atoms with Crippen LogP contribution in [0.15, 0.2) is 0 Å². The van der Waals surface area contributed by atoms with Crippen LogP contribution in [0.25, 0.3) is 0 Å². The van der Waals surface area contributed by atoms with Crippen LogP contribution in [-0.2, 0) is 9.53 Å². The summed E-state index contributed by atoms with van der Waals surface area (Å²) in [5.41, 5.74) is -0.552. The molecule has 3 heteroatoms. The molecular formula is C10H16O3. The Morgan fingerprint density at radius 2 is 2.38 bits per heavy atom. The van der Waals surface area contributed by atoms with Gasteiger partial charge in [-0.2, -0.15) is 0 Å². The second kappa shape index (κ2) is 2.98. The second-order valence-electron chi connectivity index (χ2n) is 4.23. The molecule has 2 aliphatic heterocycles. The summed E-state index contributed by atoms with van der Waals surface area (Å²) in [5, 5.41) is 9.23. The molecule has 3 fully saturated rings. The fraction of sp³-hybridized carbons (Fsp3) is 0.900. The summed E-state index contributed by atoms with van der Waals surface area (Å²) in [6.45, 7) is 2.04. The first kappa shape index (κ1) is 9.00. The van der Waals surface area contributed by atoms with E-state index >= 15 is 0 Å². The lowest BCUT2D eigenvalue weighted by Crippen LogP contribution is -2.58. The third kappa shape index (κ3) is 1.17. The van der Waals surface area contributed by atoms with Gasteiger partial charge in [-0.15, -0.1) is 0 Å². The quantitative estimate of drug-likeness (QED) is 0.727. The van der Waals surface area contributed by atoms with Gasteiger partial charge in [-0.3, -0.25) is 4.79 Å². The summed E-state index contributed by atoms with van der Waals surface area (Å²) >= 11 is 0. The molecule has 0 aromatic carbocycles. The molecule has 74 valence electrons. The molecule has 3 rings (SSSR count). The number of ether oxygens (including phenoxy) is 1. The van der Waals surface area contributed by atoms with E-state index in [-0.39, 0.29) is 6.10 Å². The van der Waals surface area contributed by atoms with E-state index in [9.17, 15) is 9.90 Å². The van der Waals surface area contributed by atoms with Crippen molar-refractivity contribution < 1.29 is 14.6 Å². The van der Waals surface area contributed by atoms with Gasteiger partial charge in [-0.1, -0.05) is 13.3 Å². The topological polar surface area (TPSA) is 46.5 Å². The number of hydrogen-bond acceptors (Lipinski definition) is 2. The molecule has 1 N–H and O–H groups in total. The van der Waals surface area contributed by atoms with Crippen LogP contribution in [0.1, 0.15) is 39.0 Å². The minimum atomic E-state index is -0.655. The maximum absolute atomic E-state index is 11.2. The van der Waals surface area contributed by atoms with Crippen molar-refractivity contribution in [3.8, 4) is 0 Å². The Kier molecular flexibility index (Phi) is 2.06. The lowest BCUT2D eigenvalue weighted by atomic mass is 9.65. The largest absolute Gasteiger partial charge is 0.481 e. The molecule has 2 heterocycles. The SMILES string of the molecule is CCCC1(C(=O)O)CCC2CC1O2. The van der Waals surface area contributed by atoms with E-state index in [1.54, 1.807) is 0 Å². The Labute approximate surface area is 78.1 Å². The van der Waals surface area contributed by atoms with Crippen LogP contribution >= 0.6 is 0 Å². The van der Waals surface area contributed by atoms with Crippen molar-refractivity contribution in [2.45, 2.75) is 51.2 Å². The number of carboxylic acids is 1. The van der Waals surface area contributed by atoms with Gasteiger partial charge in [0.15, 0.2) is 0 Å². The third-order valence-electron chi connectivity index (χ3n) is 3.48. The lowest BCUT2D eigenvalue weighted by molar-refractivity contribution is -0.231. The Hall–Kier alpha value is -0.570. The molecule has 0 amide bonds. The number of aliphatic carboxylic acids is 1. The summed E-state index contributed by atoms with van der Waals surface area (Å²) in [6.07, 6.45) is 4.77. The maximum atomic E-state index is 11.2. The highest BCUT2D eigenvalue weighted by atomic mass is 16.5. The van der Waals surface area contributed by atoms with E-state index in [2.05, 4.69) is 0 Å². The third-order valence-corrected chi connectivity index (χ3v) is 3.48. The molecule has 0 aromatic heterocycles. The van der Waals surface area contributed by atoms with Gasteiger partial charge in [0.2, 0.25) is 0 Å². The Bertz CT molecular complexity index is 213. The minimum Gasteiger partial charge on any atom is -0.481 e. The Morgan fingerprint density at radius 1 is 1.69 bits per heavy atom. The van der Waals surface area contributed by atoms with Crippen LogP contribution in [-0.4, -0.2) is 23.3 Å². The van der Waals surface area contributed by atoms with Gasteiger partial charge < -0.3 is 9.84 Å². The minimum absolute atomic E-state index is 0.00343. The van der Waals surface area contributed by atoms with Crippen LogP contribution in [0.2, 0.25) is 0 Å². The summed E-state index contributed by atoms with van der Waals surface area (Å²) in [6, 6.07) is 0. The predicted octanol–water partition coefficient (Wildman–Crippen LogP) is 1.81. The van der Waals surface area contributed by atoms with Crippen molar-refractivity contribution in [2.24, 2.45) is 5.41 Å². The standard InChI is InChI=1S/C10H16O3/c1-2-4-10(9(11)12)5-3-7-6-8(10)13-7/h7-8H,2-6H2,1H3,(H,11,12). The molecule has 0 spiro atoms. The van der Waals surface area contributed by atoms with E-state index in [1.165, 1.54) is 0 Å². The fourth-order valence-electron chi connectivity index (χ4n) is 2.66. The van der Waals surface area contributed by atoms with Crippen LogP contribution < -0.4 is 0 Å². The number of hydrogen-bond donors (Lipinski definition) is 1. The summed E-state index contributed by atoms with van der Waals surface area (Å²) in [4.78, 5) is 11.2. The highest BCUT2D eigenvalue weighted by Gasteiger charge is 2.55. The van der Waals surface area contributed by atoms with Crippen LogP contribution in [0.4, 0.5) is 0 Å². The highest BCUT2D eigenvalue weighted by Crippen LogP contribution is 2.50. The zero-order valence-electron chi connectivity index (χ0n) is 7.95. The molecule has 3 aliphatic rings. The maximum Gasteiger partial charge on any atom is 0.312 e. The van der Waals surface area contributed by atoms with Gasteiger partial charge in [0.05, 0.1) is 17.6 Å². The van der Waals surface area contributed by atoms with E-state index in [0.717, 1.165) is 32.1 Å². The van der Waals surface area contributed by atoms with Crippen LogP contribution in [0, 0.1) is 5.41 Å². The monoisotopic (exact) mass is 184 g/mol. The van der Waals surface area contributed by atoms with Gasteiger partial charge in [-0.25, -0.2) is 0 Å². The number of fused-ring (bicyclic) bond motifs is 2. The Balaban J connectivity index is 2.16. The van der Waals surface area contributed by atoms with Crippen molar-refractivity contribution in [3.63, 3.8) is 0 Å². The van der Waals surface area contributed by atoms with E-state index in [4.69, 9.17) is 4.74 Å². The fourth-order valence-corrected chi connectivity index (χ4v) is 2.66. The molecular weight excluding hydrogens is 168 g/mol. The zero-order valence-corrected chi connectivity index (χ0v) is 7.95. The Morgan fingerprint density at radius 3 is 2.77 bits per heavy atom. The molecule has 13 heavy (non-hydrogen) atoms. The second-order valence-corrected chi connectivity index (χ2v) is 4.23. The summed E-state index contributed by atoms with van der Waals surface area (Å²) in [7, 11) is 0. The van der Waals surface area contributed by atoms with Gasteiger partial charge in [-0.05, 0) is 19.3 Å². The molecule has 1 saturated carbocycles. The van der Waals surface area contributed by atoms with Crippen LogP contribution in [0.5, 0.6) is 0 Å². The van der Waals surface area contributed by atoms with E-state index in [0.29, 0.717) is 6.10 Å². The first-order chi connectivity index (χ1) is 6.19. The normalized spacial score (nSPS) is 42.5. The molecule has 3 nitrogen and oxygen atoms in total. The number of carboxylic acid groups (broad SMARTS) is 1. The molecule has 2 saturated heterocycles. The van der Waals surface area contributed by atoms with Crippen molar-refractivity contribution in [1.82, 2.24) is 0 Å². The van der Waals surface area contributed by atoms with Gasteiger partial charge >= 0.3 is 5.97 Å². The molecule has 1 aliphatic carbocycles. The van der Waals surface area contributed by atoms with Crippen molar-refractivity contribution in [2.75, 3.05) is 0 Å². The predicted molar refractivity (Wildman–Crippen MR) is 47.5 cm³/mol. The smallest absolute Gasteiger partial charge is 0.312 e. The number of carbonyl (C=O) groups is 1. The molecule has 0 radical (unpaired) electrons. The summed E-state index contributed by atoms with van der Waals surface area (Å²) < 4.78 is 5.52. The van der Waals surface area contributed by atoms with Gasteiger partial charge in [0.1, 0.15) is 0 Å². The average Bonchev–Trinajstić information content (AvgIpc) is 2.03. The highest BCUT2D eigenvalue weighted by molar-refractivity contribution is 5.76. The molecule has 3 atom stereocenters. The van der Waals surface area contributed by atoms with E-state index in [1.807, 2.05) is 6.92 Å². The van der Waals surface area contributed by atoms with Gasteiger partial charge in [0, 0.05) is 6.42 Å². The zero-order chi connectivity index (χ0) is 9.47. The first-order valence-corrected chi connectivity index (χ1v) is 5.08. The average molecular weight is 184 g/mol. The van der Waals surface area contributed by atoms with Crippen molar-refractivity contribution >= 4 is 5.97 Å². The van der Waals surface area contributed by atoms with Gasteiger partial charge in [0.25, 0.3) is 0 Å². The summed E-state index contributed by atoms with van der Waals surface area (Å²) in [5.74, 6) is -0.655. The molecule has 0 aromatic rings. The number of rotatable bonds is 3. The first-order valence-electron chi connectivity index (χ1n) is 5.08. The van der Waals surface area contributed by atoms with Crippen molar-refractivity contribution in [1.29, 1.82) is 0 Å². The molecule has 2 bridgehead atoms. The van der Waals surface area contributed by atoms with Crippen LogP contribution in [0.3, 0.4) is 0 Å². The molecule has 3 unspecified atom stereocenters. The van der Waals surface area contributed by atoms with Crippen molar-refractivity contribution in [3.05, 3.63) is 0 Å². The van der Waals surface area contributed by atoms with E-state index < -0.39 is 11.4 Å². The lowest BCUT2D eigenvalue weighted by Gasteiger charge is -2.52.